The fraction of sp³-hybridized carbons (Fsp3) is 0.620. The molecule has 3 aliphatic rings. The molecule has 0 aromatic heterocycles. The van der Waals surface area contributed by atoms with Gasteiger partial charge in [-0.05, 0) is 80.7 Å². The molecular formula is C50H90N4O. The predicted octanol–water partition coefficient (Wildman–Crippen LogP) is 14.0. The van der Waals surface area contributed by atoms with E-state index in [1.54, 1.807) is 10.5 Å². The van der Waals surface area contributed by atoms with Crippen LogP contribution >= 0.6 is 0 Å². The zero-order valence-electron chi connectivity index (χ0n) is 38.2. The highest BCUT2D eigenvalue weighted by molar-refractivity contribution is 6.04. The lowest BCUT2D eigenvalue weighted by Crippen LogP contribution is -2.35. The second-order valence-electron chi connectivity index (χ2n) is 13.5. The van der Waals surface area contributed by atoms with E-state index in [9.17, 15) is 4.79 Å². The van der Waals surface area contributed by atoms with Crippen LogP contribution in [0.5, 0.6) is 0 Å². The number of hydrogen-bond acceptors (Lipinski definition) is 4. The van der Waals surface area contributed by atoms with Gasteiger partial charge in [0.25, 0.3) is 0 Å². The van der Waals surface area contributed by atoms with Crippen LogP contribution in [-0.4, -0.2) is 31.1 Å². The smallest absolute Gasteiger partial charge is 0.248 e. The average molecular weight is 763 g/mol. The van der Waals surface area contributed by atoms with Gasteiger partial charge < -0.3 is 15.5 Å². The van der Waals surface area contributed by atoms with Gasteiger partial charge in [-0.15, -0.1) is 0 Å². The van der Waals surface area contributed by atoms with E-state index in [0.717, 1.165) is 11.3 Å². The molecule has 3 aromatic carbocycles. The van der Waals surface area contributed by atoms with Crippen LogP contribution in [0.3, 0.4) is 0 Å². The lowest BCUT2D eigenvalue weighted by molar-refractivity contribution is -0.119. The number of benzene rings is 3. The molecule has 0 radical (unpaired) electrons. The van der Waals surface area contributed by atoms with Gasteiger partial charge in [0.1, 0.15) is 6.04 Å². The average Bonchev–Trinajstić information content (AvgIpc) is 3.32. The lowest BCUT2D eigenvalue weighted by Gasteiger charge is -2.28. The Morgan fingerprint density at radius 2 is 0.873 bits per heavy atom. The van der Waals surface area contributed by atoms with Gasteiger partial charge >= 0.3 is 0 Å². The van der Waals surface area contributed by atoms with E-state index in [2.05, 4.69) is 92.2 Å². The van der Waals surface area contributed by atoms with Crippen LogP contribution in [-0.2, 0) is 17.6 Å². The minimum absolute atomic E-state index is 0. The third-order valence-electron chi connectivity index (χ3n) is 8.74. The number of nitrogens with one attached hydrogen (secondary N) is 3. The van der Waals surface area contributed by atoms with Crippen molar-refractivity contribution in [2.75, 3.05) is 11.9 Å². The summed E-state index contributed by atoms with van der Waals surface area (Å²) in [5.41, 5.74) is 8.24. The van der Waals surface area contributed by atoms with Crippen molar-refractivity contribution in [1.29, 1.82) is 0 Å². The van der Waals surface area contributed by atoms with Crippen LogP contribution in [0.25, 0.3) is 0 Å². The Hall–Kier alpha value is -2.99. The number of amides is 1. The summed E-state index contributed by atoms with van der Waals surface area (Å²) in [6.07, 6.45) is 9.09. The largest absolute Gasteiger partial charge is 0.313 e. The first-order valence-electron chi connectivity index (χ1n) is 22.0. The maximum Gasteiger partial charge on any atom is 0.248 e. The van der Waals surface area contributed by atoms with Crippen LogP contribution < -0.4 is 20.9 Å². The number of nitrogens with zero attached hydrogens (tertiary/aromatic N) is 1. The predicted molar refractivity (Wildman–Crippen MR) is 250 cm³/mol. The Bertz CT molecular complexity index is 1330. The van der Waals surface area contributed by atoms with Gasteiger partial charge in [0, 0.05) is 48.5 Å². The van der Waals surface area contributed by atoms with Crippen molar-refractivity contribution in [3.63, 3.8) is 0 Å². The number of rotatable bonds is 6. The molecule has 1 amide bonds. The highest BCUT2D eigenvalue weighted by Crippen LogP contribution is 2.34. The summed E-state index contributed by atoms with van der Waals surface area (Å²) in [4.78, 5) is 13.7. The van der Waals surface area contributed by atoms with E-state index in [-0.39, 0.29) is 19.4 Å². The van der Waals surface area contributed by atoms with E-state index in [4.69, 9.17) is 0 Å². The van der Waals surface area contributed by atoms with E-state index >= 15 is 0 Å². The molecule has 316 valence electrons. The van der Waals surface area contributed by atoms with Gasteiger partial charge in [0.2, 0.25) is 5.91 Å². The summed E-state index contributed by atoms with van der Waals surface area (Å²) in [6.45, 7) is 33.0. The van der Waals surface area contributed by atoms with Crippen LogP contribution in [0.15, 0.2) is 72.8 Å². The molecule has 0 saturated carbocycles. The third kappa shape index (κ3) is 19.6. The summed E-state index contributed by atoms with van der Waals surface area (Å²) in [7, 11) is 1.82. The number of carbonyl (C=O) groups excluding carboxylic acids is 1. The van der Waals surface area contributed by atoms with Gasteiger partial charge in [-0.3, -0.25) is 10.1 Å². The van der Waals surface area contributed by atoms with E-state index < -0.39 is 0 Å². The molecule has 5 heteroatoms. The van der Waals surface area contributed by atoms with Crippen molar-refractivity contribution in [3.8, 4) is 0 Å². The van der Waals surface area contributed by atoms with E-state index in [1.165, 1.54) is 61.6 Å². The van der Waals surface area contributed by atoms with Gasteiger partial charge in [-0.25, -0.2) is 0 Å². The summed E-state index contributed by atoms with van der Waals surface area (Å²) in [6, 6.07) is 28.1. The molecule has 0 spiro atoms. The van der Waals surface area contributed by atoms with Gasteiger partial charge in [-0.2, -0.15) is 0 Å². The number of para-hydroxylation sites is 1. The molecule has 3 N–H and O–H groups in total. The van der Waals surface area contributed by atoms with Gasteiger partial charge in [0.15, 0.2) is 0 Å². The molecule has 3 atom stereocenters. The molecule has 5 nitrogen and oxygen atoms in total. The van der Waals surface area contributed by atoms with Crippen LogP contribution in [0, 0.1) is 0 Å². The number of aryl methyl sites for hydroxylation is 2. The Labute approximate surface area is 343 Å². The third-order valence-corrected chi connectivity index (χ3v) is 8.74. The zero-order valence-corrected chi connectivity index (χ0v) is 38.2. The normalized spacial score (nSPS) is 17.1. The van der Waals surface area contributed by atoms with Crippen LogP contribution in [0.4, 0.5) is 5.69 Å². The van der Waals surface area contributed by atoms with E-state index in [1.807, 2.05) is 114 Å². The first-order chi connectivity index (χ1) is 26.2. The van der Waals surface area contributed by atoms with E-state index in [0.29, 0.717) is 30.2 Å². The van der Waals surface area contributed by atoms with Crippen LogP contribution in [0.1, 0.15) is 196 Å². The van der Waals surface area contributed by atoms with Crippen molar-refractivity contribution in [2.24, 2.45) is 0 Å². The minimum atomic E-state index is -0.175. The summed E-state index contributed by atoms with van der Waals surface area (Å²) in [5.74, 6) is 0.130. The van der Waals surface area contributed by atoms with Crippen LogP contribution in [0.2, 0.25) is 0 Å². The molecule has 0 saturated heterocycles. The Morgan fingerprint density at radius 3 is 1.31 bits per heavy atom. The van der Waals surface area contributed by atoms with Crippen molar-refractivity contribution in [2.45, 2.75) is 199 Å². The molecule has 1 aliphatic heterocycles. The number of fused-ring (bicyclic) bond motifs is 3. The molecule has 55 heavy (non-hydrogen) atoms. The number of carbonyl (C=O) groups is 1. The Balaban J connectivity index is -0.000000655. The Kier molecular flexibility index (Phi) is 35.1. The maximum absolute atomic E-state index is 12.0. The molecule has 3 aromatic rings. The summed E-state index contributed by atoms with van der Waals surface area (Å²) < 4.78 is 0. The van der Waals surface area contributed by atoms with Crippen molar-refractivity contribution >= 4 is 11.6 Å². The summed E-state index contributed by atoms with van der Waals surface area (Å²) in [5, 5.41) is 10.6. The molecule has 1 heterocycles. The lowest BCUT2D eigenvalue weighted by atomic mass is 9.87. The SMILES string of the molecule is C.CC.CC.CC.CC.CC.CC(C)NC1C(=O)N(C)c2ccccc21.CC(C)NC1CCCCc2ccccc21.CC(C)NC1CCCc2ccccc21. The first-order valence-corrected chi connectivity index (χ1v) is 22.0. The quantitative estimate of drug-likeness (QED) is 0.219. The second kappa shape index (κ2) is 34.3. The molecule has 6 rings (SSSR count). The topological polar surface area (TPSA) is 56.4 Å². The second-order valence-corrected chi connectivity index (χ2v) is 13.5. The Morgan fingerprint density at radius 1 is 0.509 bits per heavy atom. The fourth-order valence-corrected chi connectivity index (χ4v) is 6.80. The standard InChI is InChI=1S/C14H21N.C13H19N.C12H16N2O.5C2H6.CH4/c1-11(2)15-14-10-6-4-8-12-7-3-5-9-13(12)14;1-10(2)14-13-9-5-7-11-6-3-4-8-12(11)13;1-8(2)13-11-9-6-4-5-7-10(9)14(3)12(11)15;5*1-2;/h3,5,7,9,11,14-15H,4,6,8,10H2,1-2H3;3-4,6,8,10,13-14H,5,7,9H2,1-2H3;4-8,11,13H,1-3H3;5*1-2H3;1H4. The molecular weight excluding hydrogens is 673 g/mol. The van der Waals surface area contributed by atoms with Crippen molar-refractivity contribution < 1.29 is 4.79 Å². The maximum atomic E-state index is 12.0. The first kappa shape index (κ1) is 56.3. The fourth-order valence-electron chi connectivity index (χ4n) is 6.80. The monoisotopic (exact) mass is 763 g/mol. The van der Waals surface area contributed by atoms with Gasteiger partial charge in [-0.1, -0.05) is 178 Å². The summed E-state index contributed by atoms with van der Waals surface area (Å²) >= 11 is 0. The van der Waals surface area contributed by atoms with Gasteiger partial charge in [0.05, 0.1) is 0 Å². The molecule has 2 aliphatic carbocycles. The highest BCUT2D eigenvalue weighted by atomic mass is 16.2. The molecule has 0 fully saturated rings. The van der Waals surface area contributed by atoms with Crippen molar-refractivity contribution in [3.05, 3.63) is 101 Å². The number of hydrogen-bond donors (Lipinski definition) is 3. The van der Waals surface area contributed by atoms with Crippen molar-refractivity contribution in [1.82, 2.24) is 16.0 Å². The minimum Gasteiger partial charge on any atom is -0.313 e. The number of likely N-dealkylation sites (N-methyl/N-ethyl adjacent to an activating group) is 1. The number of anilines is 1. The zero-order chi connectivity index (χ0) is 41.6. The highest BCUT2D eigenvalue weighted by Gasteiger charge is 2.34. The molecule has 0 bridgehead atoms. The molecule has 3 unspecified atom stereocenters.